The molecule has 0 N–H and O–H groups in total. The molecule has 8 aromatic carbocycles. The van der Waals surface area contributed by atoms with Gasteiger partial charge in [0.25, 0.3) is 0 Å². The van der Waals surface area contributed by atoms with Crippen LogP contribution in [0.4, 0.5) is 87.8 Å². The molecule has 0 aliphatic heterocycles. The second kappa shape index (κ2) is 23.8. The number of halogens is 20. The van der Waals surface area contributed by atoms with E-state index in [1.54, 1.807) is 0 Å². The fourth-order valence-corrected chi connectivity index (χ4v) is 12.7. The van der Waals surface area contributed by atoms with Crippen LogP contribution in [0.1, 0.15) is 0 Å². The molecule has 3 nitrogen and oxygen atoms in total. The Morgan fingerprint density at radius 3 is 0.857 bits per heavy atom. The predicted octanol–water partition coefficient (Wildman–Crippen LogP) is 9.52. The van der Waals surface area contributed by atoms with Crippen molar-refractivity contribution in [2.75, 3.05) is 26.4 Å². The van der Waals surface area contributed by atoms with E-state index in [0.29, 0.717) is 26.4 Å². The fourth-order valence-electron chi connectivity index (χ4n) is 8.16. The Kier molecular flexibility index (Phi) is 17.7. The molecular formula is C52H27BF20O3Se. The predicted molar refractivity (Wildman–Crippen MR) is 241 cm³/mol. The van der Waals surface area contributed by atoms with Crippen LogP contribution < -0.4 is 44.7 Å². The molecule has 0 aromatic heterocycles. The van der Waals surface area contributed by atoms with Gasteiger partial charge in [-0.2, -0.15) is 0 Å². The number of benzene rings is 8. The van der Waals surface area contributed by atoms with Gasteiger partial charge in [-0.15, -0.1) is 21.9 Å². The quantitative estimate of drug-likeness (QED) is 0.0337. The van der Waals surface area contributed by atoms with E-state index in [0.717, 1.165) is 11.5 Å². The fraction of sp³-hybridized carbons (Fsp3) is 0.0769. The molecular weight excluding hydrogens is 1140 g/mol. The molecule has 0 aliphatic carbocycles. The zero-order valence-electron chi connectivity index (χ0n) is 38.1. The molecule has 0 bridgehead atoms. The van der Waals surface area contributed by atoms with Gasteiger partial charge >= 0.3 is 189 Å². The van der Waals surface area contributed by atoms with E-state index >= 15 is 35.1 Å². The molecule has 0 spiro atoms. The van der Waals surface area contributed by atoms with Gasteiger partial charge in [0.1, 0.15) is 52.7 Å². The van der Waals surface area contributed by atoms with Gasteiger partial charge in [0.2, 0.25) is 0 Å². The summed E-state index contributed by atoms with van der Waals surface area (Å²) >= 11 is -1.46. The molecule has 25 heteroatoms. The van der Waals surface area contributed by atoms with Gasteiger partial charge in [0.15, 0.2) is 69.8 Å². The van der Waals surface area contributed by atoms with Crippen molar-refractivity contribution in [2.45, 2.75) is 0 Å². The summed E-state index contributed by atoms with van der Waals surface area (Å²) in [5.74, 6) is -69.6. The normalized spacial score (nSPS) is 11.5. The number of hydrogen-bond acceptors (Lipinski definition) is 3. The molecule has 0 saturated heterocycles. The first-order valence-electron chi connectivity index (χ1n) is 21.7. The first-order valence-corrected chi connectivity index (χ1v) is 24.2. The average molecular weight is 1170 g/mol. The van der Waals surface area contributed by atoms with Crippen molar-refractivity contribution in [3.05, 3.63) is 232 Å². The summed E-state index contributed by atoms with van der Waals surface area (Å²) in [5.41, 5.74) is -14.3. The third kappa shape index (κ3) is 10.5. The SMILES string of the molecule is Fc1c(F)c(F)c([B-](c2c(F)c(F)c(F)c(F)c2F)(c2c(F)c(F)c(F)c(F)c2F)c2c(F)c(F)c(F)c(F)c2F)c(F)c1F.c1ccc(OCCOCCOc2ccccc2[Se+](c2ccccc2)c2ccccc2)cc1. The molecule has 0 aliphatic rings. The summed E-state index contributed by atoms with van der Waals surface area (Å²) in [5, 5.41) is 0. The summed E-state index contributed by atoms with van der Waals surface area (Å²) < 4.78 is 316. The van der Waals surface area contributed by atoms with E-state index in [2.05, 4.69) is 78.9 Å². The van der Waals surface area contributed by atoms with Gasteiger partial charge < -0.3 is 0 Å². The number of hydrogen-bond donors (Lipinski definition) is 0. The Bertz CT molecular complexity index is 3050. The Morgan fingerprint density at radius 1 is 0.273 bits per heavy atom. The third-order valence-corrected chi connectivity index (χ3v) is 16.2. The average Bonchev–Trinajstić information content (AvgIpc) is 3.61. The number of para-hydroxylation sites is 2. The molecule has 0 atom stereocenters. The summed E-state index contributed by atoms with van der Waals surface area (Å²) in [6.45, 7) is 2.08. The first kappa shape index (κ1) is 57.2. The van der Waals surface area contributed by atoms with E-state index in [-0.39, 0.29) is 0 Å². The van der Waals surface area contributed by atoms with Gasteiger partial charge in [-0.1, -0.05) is 6.07 Å². The van der Waals surface area contributed by atoms with Gasteiger partial charge in [-0.3, -0.25) is 0 Å². The molecule has 402 valence electrons. The van der Waals surface area contributed by atoms with Crippen molar-refractivity contribution in [3.8, 4) is 11.5 Å². The van der Waals surface area contributed by atoms with Crippen LogP contribution in [0, 0.1) is 116 Å². The van der Waals surface area contributed by atoms with E-state index in [9.17, 15) is 52.7 Å². The van der Waals surface area contributed by atoms with Crippen LogP contribution in [0.2, 0.25) is 0 Å². The Hall–Kier alpha value is -7.50. The van der Waals surface area contributed by atoms with E-state index in [1.165, 1.54) is 13.4 Å². The van der Waals surface area contributed by atoms with Gasteiger partial charge in [0, 0.05) is 0 Å². The molecule has 0 heterocycles. The monoisotopic (exact) mass is 1170 g/mol. The summed E-state index contributed by atoms with van der Waals surface area (Å²) in [6, 6.07) is 39.7. The summed E-state index contributed by atoms with van der Waals surface area (Å²) in [7, 11) is 0. The molecule has 0 amide bonds. The maximum atomic E-state index is 15.4. The maximum absolute atomic E-state index is 15.4. The summed E-state index contributed by atoms with van der Waals surface area (Å²) in [6.07, 6.45) is -7.22. The van der Waals surface area contributed by atoms with Crippen molar-refractivity contribution in [1.82, 2.24) is 0 Å². The number of ether oxygens (including phenoxy) is 3. The second-order valence-electron chi connectivity index (χ2n) is 15.8. The van der Waals surface area contributed by atoms with Crippen LogP contribution in [0.5, 0.6) is 11.5 Å². The standard InChI is InChI=1S/C28H27O3Se.C24BF20/c1-4-12-24(13-5-1)30-22-20-29-21-23-31-27-18-10-11-19-28(27)32(25-14-6-2-7-15-25)26-16-8-3-9-17-26;26-5-1(6(27)14(35)21(42)13(5)34)25(2-7(28)15(36)22(43)16(37)8(2)29,3-9(30)17(38)23(44)18(39)10(3)31)4-11(32)19(40)24(45)20(41)12(4)33/h1-19H,20-23H2;/q+1;-1. The minimum atomic E-state index is -7.22. The van der Waals surface area contributed by atoms with E-state index < -0.39 is 158 Å². The van der Waals surface area contributed by atoms with Crippen LogP contribution in [-0.4, -0.2) is 46.5 Å². The first-order chi connectivity index (χ1) is 36.6. The summed E-state index contributed by atoms with van der Waals surface area (Å²) in [4.78, 5) is 0. The molecule has 0 saturated carbocycles. The van der Waals surface area contributed by atoms with Gasteiger partial charge in [-0.05, 0) is 0 Å². The zero-order valence-corrected chi connectivity index (χ0v) is 39.8. The van der Waals surface area contributed by atoms with Crippen LogP contribution in [-0.2, 0) is 4.74 Å². The van der Waals surface area contributed by atoms with Crippen LogP contribution in [0.15, 0.2) is 115 Å². The molecule has 0 fully saturated rings. The molecule has 8 aromatic rings. The van der Waals surface area contributed by atoms with Crippen molar-refractivity contribution < 1.29 is 102 Å². The van der Waals surface area contributed by atoms with Crippen molar-refractivity contribution >= 4 is 55.3 Å². The molecule has 0 radical (unpaired) electrons. The minimum absolute atomic E-state index is 0.505. The van der Waals surface area contributed by atoms with Crippen molar-refractivity contribution in [1.29, 1.82) is 0 Å². The van der Waals surface area contributed by atoms with E-state index in [1.807, 2.05) is 36.4 Å². The van der Waals surface area contributed by atoms with Gasteiger partial charge in [0.05, 0.1) is 0 Å². The molecule has 77 heavy (non-hydrogen) atoms. The van der Waals surface area contributed by atoms with Crippen molar-refractivity contribution in [2.24, 2.45) is 0 Å². The van der Waals surface area contributed by atoms with Crippen LogP contribution in [0.3, 0.4) is 0 Å². The Morgan fingerprint density at radius 2 is 0.532 bits per heavy atom. The van der Waals surface area contributed by atoms with Crippen LogP contribution >= 0.6 is 0 Å². The van der Waals surface area contributed by atoms with Crippen molar-refractivity contribution in [3.63, 3.8) is 0 Å². The topological polar surface area (TPSA) is 27.7 Å². The molecule has 0 unspecified atom stereocenters. The van der Waals surface area contributed by atoms with Crippen LogP contribution in [0.25, 0.3) is 0 Å². The Labute approximate surface area is 425 Å². The number of rotatable bonds is 15. The third-order valence-electron chi connectivity index (χ3n) is 11.5. The molecule has 8 rings (SSSR count). The van der Waals surface area contributed by atoms with E-state index in [4.69, 9.17) is 14.2 Å². The van der Waals surface area contributed by atoms with Gasteiger partial charge in [-0.25, -0.2) is 87.8 Å². The zero-order chi connectivity index (χ0) is 56.2. The second-order valence-corrected chi connectivity index (χ2v) is 20.0. The Balaban J connectivity index is 0.000000236.